The minimum atomic E-state index is -1.64. The molecular weight excluding hydrogens is 749 g/mol. The van der Waals surface area contributed by atoms with Gasteiger partial charge in [-0.05, 0) is 86.2 Å². The molecule has 0 atom stereocenters. The van der Waals surface area contributed by atoms with Gasteiger partial charge in [0, 0.05) is 0 Å². The Kier molecular flexibility index (Phi) is 12.9. The molecule has 2 fully saturated rings. The summed E-state index contributed by atoms with van der Waals surface area (Å²) in [6, 6.07) is 2.26. The topological polar surface area (TPSA) is 105 Å². The van der Waals surface area contributed by atoms with Crippen LogP contribution < -0.4 is 9.47 Å². The van der Waals surface area contributed by atoms with Gasteiger partial charge in [0.25, 0.3) is 0 Å². The van der Waals surface area contributed by atoms with Crippen LogP contribution in [0.15, 0.2) is 12.1 Å². The van der Waals surface area contributed by atoms with Gasteiger partial charge in [-0.2, -0.15) is 0 Å². The summed E-state index contributed by atoms with van der Waals surface area (Å²) < 4.78 is 21.2. The highest BCUT2D eigenvalue weighted by Crippen LogP contribution is 2.56. The molecule has 0 unspecified atom stereocenters. The van der Waals surface area contributed by atoms with Crippen LogP contribution in [0.5, 0.6) is 11.5 Å². The molecule has 0 amide bonds. The number of ether oxygens (including phenoxy) is 4. The third-order valence-electron chi connectivity index (χ3n) is 9.56. The second kappa shape index (κ2) is 15.9. The van der Waals surface area contributed by atoms with E-state index in [-0.39, 0.29) is 54.2 Å². The van der Waals surface area contributed by atoms with Gasteiger partial charge >= 0.3 is 23.9 Å². The maximum Gasteiger partial charge on any atom is 0.423 e. The molecule has 48 heavy (non-hydrogen) atoms. The Labute approximate surface area is 309 Å². The van der Waals surface area contributed by atoms with Crippen molar-refractivity contribution in [1.29, 1.82) is 0 Å². The van der Waals surface area contributed by atoms with Crippen molar-refractivity contribution in [2.45, 2.75) is 79.1 Å². The minimum Gasteiger partial charge on any atom is -0.462 e. The molecule has 14 heteroatoms. The van der Waals surface area contributed by atoms with Crippen LogP contribution in [0, 0.1) is 22.7 Å². The summed E-state index contributed by atoms with van der Waals surface area (Å²) in [6.07, 6.45) is 7.46. The SMILES string of the molecule is CC(C)C1(CCCOC(=O)c2c(Cl)c(Cl)cc(Cl)c2OC(=O)C(=O)Oc2c(Cl)cc(Cl)c(Cl)c2C(=O)OCCCC2(C(C)C)CC2)CC1. The lowest BCUT2D eigenvalue weighted by molar-refractivity contribution is -0.156. The summed E-state index contributed by atoms with van der Waals surface area (Å²) in [5.74, 6) is -5.34. The van der Waals surface area contributed by atoms with Crippen LogP contribution >= 0.6 is 69.6 Å². The standard InChI is InChI=1S/C34H36Cl6O8/c1-17(2)33(9-10-33)7-5-13-45-29(41)23-25(39)19(35)15-21(37)27(23)47-31(43)32(44)48-28-22(38)16-20(36)26(40)24(28)30(42)46-14-6-8-34(11-12-34)18(3)4/h15-18H,5-14H2,1-4H3. The summed E-state index contributed by atoms with van der Waals surface area (Å²) in [6.45, 7) is 8.79. The Bertz CT molecular complexity index is 1480. The molecule has 262 valence electrons. The fourth-order valence-electron chi connectivity index (χ4n) is 5.87. The zero-order valence-corrected chi connectivity index (χ0v) is 31.4. The molecule has 8 nitrogen and oxygen atoms in total. The van der Waals surface area contributed by atoms with E-state index in [2.05, 4.69) is 27.7 Å². The summed E-state index contributed by atoms with van der Waals surface area (Å²) >= 11 is 37.4. The molecule has 0 aliphatic heterocycles. The second-order valence-electron chi connectivity index (χ2n) is 13.0. The summed E-state index contributed by atoms with van der Waals surface area (Å²) in [5.41, 5.74) is -0.402. The first-order chi connectivity index (χ1) is 22.5. The number of esters is 4. The van der Waals surface area contributed by atoms with E-state index in [0.717, 1.165) is 50.7 Å². The van der Waals surface area contributed by atoms with Crippen LogP contribution in [0.4, 0.5) is 0 Å². The van der Waals surface area contributed by atoms with Crippen LogP contribution in [-0.2, 0) is 19.1 Å². The first kappa shape index (κ1) is 38.9. The van der Waals surface area contributed by atoms with E-state index in [9.17, 15) is 19.2 Å². The first-order valence-electron chi connectivity index (χ1n) is 15.7. The van der Waals surface area contributed by atoms with Crippen LogP contribution in [0.1, 0.15) is 99.8 Å². The Balaban J connectivity index is 1.46. The highest BCUT2D eigenvalue weighted by Gasteiger charge is 2.45. The molecule has 0 aromatic heterocycles. The molecule has 0 saturated heterocycles. The second-order valence-corrected chi connectivity index (χ2v) is 15.4. The molecule has 2 aromatic rings. The number of rotatable bonds is 14. The van der Waals surface area contributed by atoms with Gasteiger partial charge in [-0.25, -0.2) is 19.2 Å². The van der Waals surface area contributed by atoms with Crippen LogP contribution in [0.25, 0.3) is 0 Å². The fourth-order valence-corrected chi connectivity index (χ4v) is 7.30. The molecule has 0 radical (unpaired) electrons. The average Bonchev–Trinajstić information content (AvgIpc) is 3.95. The van der Waals surface area contributed by atoms with E-state index in [1.807, 2.05) is 0 Å². The summed E-state index contributed by atoms with van der Waals surface area (Å²) in [4.78, 5) is 52.2. The van der Waals surface area contributed by atoms with Gasteiger partial charge in [-0.15, -0.1) is 0 Å². The van der Waals surface area contributed by atoms with E-state index < -0.39 is 46.5 Å². The number of carbonyl (C=O) groups is 4. The normalized spacial score (nSPS) is 15.7. The molecule has 0 N–H and O–H groups in total. The third kappa shape index (κ3) is 8.85. The number of hydrogen-bond acceptors (Lipinski definition) is 8. The molecule has 0 bridgehead atoms. The molecule has 2 saturated carbocycles. The van der Waals surface area contributed by atoms with Gasteiger partial charge in [0.2, 0.25) is 0 Å². The quantitative estimate of drug-likeness (QED) is 0.0613. The largest absolute Gasteiger partial charge is 0.462 e. The van der Waals surface area contributed by atoms with Crippen molar-refractivity contribution in [3.8, 4) is 11.5 Å². The highest BCUT2D eigenvalue weighted by atomic mass is 35.5. The average molecular weight is 785 g/mol. The molecule has 0 heterocycles. The molecule has 2 aromatic carbocycles. The van der Waals surface area contributed by atoms with E-state index in [0.29, 0.717) is 24.7 Å². The molecule has 4 rings (SSSR count). The number of carbonyl (C=O) groups excluding carboxylic acids is 4. The Hall–Kier alpha value is -1.94. The maximum absolute atomic E-state index is 13.1. The van der Waals surface area contributed by atoms with Crippen molar-refractivity contribution in [2.24, 2.45) is 22.7 Å². The monoisotopic (exact) mass is 782 g/mol. The molecule has 2 aliphatic carbocycles. The predicted octanol–water partition coefficient (Wildman–Crippen LogP) is 10.9. The number of benzene rings is 2. The van der Waals surface area contributed by atoms with E-state index in [1.165, 1.54) is 0 Å². The zero-order valence-electron chi connectivity index (χ0n) is 26.9. The van der Waals surface area contributed by atoms with Crippen LogP contribution in [0.2, 0.25) is 30.1 Å². The first-order valence-corrected chi connectivity index (χ1v) is 17.9. The molecule has 2 aliphatic rings. The highest BCUT2D eigenvalue weighted by molar-refractivity contribution is 6.47. The van der Waals surface area contributed by atoms with Gasteiger partial charge in [-0.3, -0.25) is 0 Å². The van der Waals surface area contributed by atoms with Crippen LogP contribution in [-0.4, -0.2) is 37.1 Å². The summed E-state index contributed by atoms with van der Waals surface area (Å²) in [7, 11) is 0. The van der Waals surface area contributed by atoms with E-state index in [4.69, 9.17) is 88.6 Å². The van der Waals surface area contributed by atoms with E-state index in [1.54, 1.807) is 0 Å². The van der Waals surface area contributed by atoms with Gasteiger partial charge < -0.3 is 18.9 Å². The minimum absolute atomic E-state index is 0.0660. The van der Waals surface area contributed by atoms with Crippen molar-refractivity contribution in [3.05, 3.63) is 53.4 Å². The summed E-state index contributed by atoms with van der Waals surface area (Å²) in [5, 5.41) is -1.46. The number of hydrogen-bond donors (Lipinski definition) is 0. The fraction of sp³-hybridized carbons (Fsp3) is 0.529. The van der Waals surface area contributed by atoms with Crippen molar-refractivity contribution in [3.63, 3.8) is 0 Å². The van der Waals surface area contributed by atoms with Crippen molar-refractivity contribution in [1.82, 2.24) is 0 Å². The van der Waals surface area contributed by atoms with Gasteiger partial charge in [0.15, 0.2) is 11.5 Å². The Morgan fingerprint density at radius 3 is 1.23 bits per heavy atom. The number of halogens is 6. The van der Waals surface area contributed by atoms with E-state index >= 15 is 0 Å². The molecule has 0 spiro atoms. The lowest BCUT2D eigenvalue weighted by atomic mass is 9.88. The van der Waals surface area contributed by atoms with Gasteiger partial charge in [-0.1, -0.05) is 97.3 Å². The van der Waals surface area contributed by atoms with Crippen molar-refractivity contribution >= 4 is 93.5 Å². The third-order valence-corrected chi connectivity index (χ3v) is 11.7. The van der Waals surface area contributed by atoms with Crippen LogP contribution in [0.3, 0.4) is 0 Å². The predicted molar refractivity (Wildman–Crippen MR) is 186 cm³/mol. The lowest BCUT2D eigenvalue weighted by Gasteiger charge is -2.19. The van der Waals surface area contributed by atoms with Crippen molar-refractivity contribution < 1.29 is 38.1 Å². The Morgan fingerprint density at radius 1 is 0.604 bits per heavy atom. The molecular formula is C34H36Cl6O8. The maximum atomic E-state index is 13.1. The Morgan fingerprint density at radius 2 is 0.938 bits per heavy atom. The van der Waals surface area contributed by atoms with Gasteiger partial charge in [0.05, 0.1) is 43.3 Å². The zero-order chi connectivity index (χ0) is 35.6. The smallest absolute Gasteiger partial charge is 0.423 e. The lowest BCUT2D eigenvalue weighted by Crippen LogP contribution is -2.27. The van der Waals surface area contributed by atoms with Crippen molar-refractivity contribution in [2.75, 3.05) is 13.2 Å². The van der Waals surface area contributed by atoms with Gasteiger partial charge in [0.1, 0.15) is 11.1 Å².